The highest BCUT2D eigenvalue weighted by atomic mass is 35.5. The molecule has 3 heterocycles. The number of likely N-dealkylation sites (tertiary alicyclic amines) is 1. The minimum Gasteiger partial charge on any atom is -0.466 e. The first-order valence-corrected chi connectivity index (χ1v) is 11.8. The summed E-state index contributed by atoms with van der Waals surface area (Å²) < 4.78 is 12.2. The summed E-state index contributed by atoms with van der Waals surface area (Å²) in [6.45, 7) is 2.94. The van der Waals surface area contributed by atoms with Crippen molar-refractivity contribution in [3.63, 3.8) is 0 Å². The number of hydrogen-bond acceptors (Lipinski definition) is 6. The molecule has 1 saturated heterocycles. The summed E-state index contributed by atoms with van der Waals surface area (Å²) >= 11 is 6.16. The Hall–Kier alpha value is -3.59. The number of carbonyl (C=O) groups excluding carboxylic acids is 3. The van der Waals surface area contributed by atoms with Crippen LogP contribution in [0.25, 0.3) is 17.1 Å². The van der Waals surface area contributed by atoms with E-state index in [1.807, 2.05) is 6.07 Å². The summed E-state index contributed by atoms with van der Waals surface area (Å²) in [5.74, 6) is -0.430. The second-order valence-electron chi connectivity index (χ2n) is 8.35. The van der Waals surface area contributed by atoms with Gasteiger partial charge in [0.1, 0.15) is 5.69 Å². The van der Waals surface area contributed by atoms with Crippen LogP contribution in [0, 0.1) is 5.92 Å². The lowest BCUT2D eigenvalue weighted by molar-refractivity contribution is -0.151. The summed E-state index contributed by atoms with van der Waals surface area (Å²) in [4.78, 5) is 41.0. The van der Waals surface area contributed by atoms with Gasteiger partial charge >= 0.3 is 5.97 Å². The first kappa shape index (κ1) is 24.5. The molecular formula is C25H27ClN4O5. The second-order valence-corrected chi connectivity index (χ2v) is 8.79. The van der Waals surface area contributed by atoms with E-state index in [2.05, 4.69) is 5.10 Å². The van der Waals surface area contributed by atoms with Gasteiger partial charge in [-0.1, -0.05) is 17.7 Å². The van der Waals surface area contributed by atoms with Crippen molar-refractivity contribution in [2.75, 3.05) is 33.3 Å². The second kappa shape index (κ2) is 10.8. The highest BCUT2D eigenvalue weighted by molar-refractivity contribution is 6.30. The number of esters is 1. The first-order chi connectivity index (χ1) is 16.9. The molecule has 4 rings (SSSR count). The molecule has 0 saturated carbocycles. The topological polar surface area (TPSA) is 97.9 Å². The lowest BCUT2D eigenvalue weighted by Gasteiger charge is -2.32. The van der Waals surface area contributed by atoms with E-state index in [0.717, 1.165) is 0 Å². The van der Waals surface area contributed by atoms with Gasteiger partial charge < -0.3 is 19.0 Å². The number of ether oxygens (including phenoxy) is 1. The van der Waals surface area contributed by atoms with E-state index in [4.69, 9.17) is 20.8 Å². The zero-order valence-electron chi connectivity index (χ0n) is 19.6. The quantitative estimate of drug-likeness (QED) is 0.461. The smallest absolute Gasteiger partial charge is 0.309 e. The molecule has 0 atom stereocenters. The van der Waals surface area contributed by atoms with Crippen LogP contribution >= 0.6 is 11.6 Å². The van der Waals surface area contributed by atoms with Gasteiger partial charge in [0.05, 0.1) is 31.0 Å². The van der Waals surface area contributed by atoms with Gasteiger partial charge in [0.2, 0.25) is 5.91 Å². The van der Waals surface area contributed by atoms with Crippen molar-refractivity contribution in [1.29, 1.82) is 0 Å². The van der Waals surface area contributed by atoms with Crippen LogP contribution in [0.1, 0.15) is 30.3 Å². The summed E-state index contributed by atoms with van der Waals surface area (Å²) in [5.41, 5.74) is 1.43. The number of carbonyl (C=O) groups is 3. The van der Waals surface area contributed by atoms with Gasteiger partial charge in [0, 0.05) is 31.2 Å². The number of rotatable bonds is 7. The van der Waals surface area contributed by atoms with Crippen molar-refractivity contribution in [3.8, 4) is 17.1 Å². The van der Waals surface area contributed by atoms with E-state index in [0.29, 0.717) is 54.7 Å². The maximum absolute atomic E-state index is 13.2. The Morgan fingerprint density at radius 1 is 1.17 bits per heavy atom. The zero-order chi connectivity index (χ0) is 24.9. The number of aromatic nitrogens is 2. The number of amides is 2. The predicted molar refractivity (Wildman–Crippen MR) is 129 cm³/mol. The average molecular weight is 499 g/mol. The minimum atomic E-state index is -0.395. The predicted octanol–water partition coefficient (Wildman–Crippen LogP) is 3.66. The van der Waals surface area contributed by atoms with Gasteiger partial charge in [-0.3, -0.25) is 14.4 Å². The number of likely N-dealkylation sites (N-methyl/N-ethyl adjacent to an activating group) is 1. The largest absolute Gasteiger partial charge is 0.466 e. The van der Waals surface area contributed by atoms with Gasteiger partial charge in [-0.2, -0.15) is 5.10 Å². The van der Waals surface area contributed by atoms with Crippen molar-refractivity contribution in [1.82, 2.24) is 19.6 Å². The fourth-order valence-corrected chi connectivity index (χ4v) is 4.27. The average Bonchev–Trinajstić information content (AvgIpc) is 3.54. The Morgan fingerprint density at radius 2 is 1.94 bits per heavy atom. The summed E-state index contributed by atoms with van der Waals surface area (Å²) in [6, 6.07) is 12.3. The van der Waals surface area contributed by atoms with Gasteiger partial charge in [0.25, 0.3) is 5.91 Å². The lowest BCUT2D eigenvalue weighted by Crippen LogP contribution is -2.45. The zero-order valence-corrected chi connectivity index (χ0v) is 20.4. The molecule has 2 aromatic heterocycles. The maximum atomic E-state index is 13.2. The Labute approximate surface area is 208 Å². The summed E-state index contributed by atoms with van der Waals surface area (Å²) in [6.07, 6.45) is 2.65. The van der Waals surface area contributed by atoms with E-state index >= 15 is 0 Å². The van der Waals surface area contributed by atoms with Crippen LogP contribution in [0.3, 0.4) is 0 Å². The van der Waals surface area contributed by atoms with E-state index in [-0.39, 0.29) is 30.0 Å². The lowest BCUT2D eigenvalue weighted by atomic mass is 9.97. The Morgan fingerprint density at radius 3 is 2.60 bits per heavy atom. The first-order valence-electron chi connectivity index (χ1n) is 11.5. The molecule has 1 fully saturated rings. The molecule has 1 aliphatic heterocycles. The highest BCUT2D eigenvalue weighted by Gasteiger charge is 2.29. The van der Waals surface area contributed by atoms with E-state index in [9.17, 15) is 14.4 Å². The number of nitrogens with zero attached hydrogens (tertiary/aromatic N) is 4. The van der Waals surface area contributed by atoms with Gasteiger partial charge in [-0.05, 0) is 50.1 Å². The molecule has 0 N–H and O–H groups in total. The molecule has 184 valence electrons. The van der Waals surface area contributed by atoms with Crippen LogP contribution in [0.5, 0.6) is 0 Å². The molecule has 0 bridgehead atoms. The fraction of sp³-hybridized carbons (Fsp3) is 0.360. The van der Waals surface area contributed by atoms with Crippen LogP contribution in [-0.4, -0.2) is 70.7 Å². The van der Waals surface area contributed by atoms with Crippen molar-refractivity contribution in [2.24, 2.45) is 5.92 Å². The maximum Gasteiger partial charge on any atom is 0.309 e. The number of halogens is 1. The molecule has 35 heavy (non-hydrogen) atoms. The SMILES string of the molecule is CCOC(=O)C1CCN(C(=O)CN(C)C(=O)c2cc(-c3ccco3)n(-c3cccc(Cl)c3)n2)CC1. The van der Waals surface area contributed by atoms with Crippen LogP contribution in [-0.2, 0) is 14.3 Å². The van der Waals surface area contributed by atoms with Gasteiger partial charge in [0.15, 0.2) is 11.5 Å². The van der Waals surface area contributed by atoms with Crippen LogP contribution in [0.15, 0.2) is 53.1 Å². The monoisotopic (exact) mass is 498 g/mol. The van der Waals surface area contributed by atoms with Crippen molar-refractivity contribution in [3.05, 3.63) is 59.4 Å². The van der Waals surface area contributed by atoms with E-state index < -0.39 is 5.91 Å². The molecule has 0 radical (unpaired) electrons. The summed E-state index contributed by atoms with van der Waals surface area (Å²) in [7, 11) is 1.57. The molecule has 10 heteroatoms. The molecule has 0 unspecified atom stereocenters. The van der Waals surface area contributed by atoms with Gasteiger partial charge in [-0.25, -0.2) is 4.68 Å². The summed E-state index contributed by atoms with van der Waals surface area (Å²) in [5, 5.41) is 5.03. The Balaban J connectivity index is 1.46. The Kier molecular flexibility index (Phi) is 7.55. The van der Waals surface area contributed by atoms with E-state index in [1.165, 1.54) is 4.90 Å². The van der Waals surface area contributed by atoms with Crippen LogP contribution in [0.2, 0.25) is 5.02 Å². The third-order valence-corrected chi connectivity index (χ3v) is 6.18. The number of benzene rings is 1. The molecule has 3 aromatic rings. The van der Waals surface area contributed by atoms with Crippen LogP contribution < -0.4 is 0 Å². The molecular weight excluding hydrogens is 472 g/mol. The molecule has 1 aromatic carbocycles. The third kappa shape index (κ3) is 5.57. The molecule has 2 amide bonds. The van der Waals surface area contributed by atoms with Gasteiger partial charge in [-0.15, -0.1) is 0 Å². The normalized spacial score (nSPS) is 14.1. The van der Waals surface area contributed by atoms with Crippen LogP contribution in [0.4, 0.5) is 0 Å². The molecule has 0 aliphatic carbocycles. The van der Waals surface area contributed by atoms with Crippen molar-refractivity contribution < 1.29 is 23.5 Å². The van der Waals surface area contributed by atoms with E-state index in [1.54, 1.807) is 66.2 Å². The highest BCUT2D eigenvalue weighted by Crippen LogP contribution is 2.26. The molecule has 1 aliphatic rings. The Bertz CT molecular complexity index is 1200. The van der Waals surface area contributed by atoms with Crippen molar-refractivity contribution >= 4 is 29.4 Å². The third-order valence-electron chi connectivity index (χ3n) is 5.94. The molecule has 0 spiro atoms. The minimum absolute atomic E-state index is 0.0942. The van der Waals surface area contributed by atoms with Crippen molar-refractivity contribution in [2.45, 2.75) is 19.8 Å². The fourth-order valence-electron chi connectivity index (χ4n) is 4.09. The standard InChI is InChI=1S/C25H27ClN4O5/c1-3-34-25(33)17-9-11-29(12-10-17)23(31)16-28(2)24(32)20-15-21(22-8-5-13-35-22)30(27-20)19-7-4-6-18(26)14-19/h4-8,13-15,17H,3,9-12,16H2,1-2H3. The number of hydrogen-bond donors (Lipinski definition) is 0. The number of piperidine rings is 1. The number of furan rings is 1. The molecule has 9 nitrogen and oxygen atoms in total.